The Morgan fingerprint density at radius 1 is 0.909 bits per heavy atom. The van der Waals surface area contributed by atoms with Gasteiger partial charge in [0.25, 0.3) is 0 Å². The largest absolute Gasteiger partial charge is 0.288 e. The van der Waals surface area contributed by atoms with E-state index in [2.05, 4.69) is 65.4 Å². The Balaban J connectivity index is 1.86. The lowest BCUT2D eigenvalue weighted by Gasteiger charge is -2.10. The van der Waals surface area contributed by atoms with Crippen molar-refractivity contribution >= 4 is 6.21 Å². The smallest absolute Gasteiger partial charge is 0.0780 e. The Labute approximate surface area is 130 Å². The quantitative estimate of drug-likeness (QED) is 0.672. The van der Waals surface area contributed by atoms with Crippen LogP contribution in [-0.4, -0.2) is 11.2 Å². The zero-order valence-electron chi connectivity index (χ0n) is 12.5. The van der Waals surface area contributed by atoms with Crippen molar-refractivity contribution in [2.24, 2.45) is 4.99 Å². The molecule has 0 saturated heterocycles. The molecule has 2 nitrogen and oxygen atoms in total. The van der Waals surface area contributed by atoms with Gasteiger partial charge in [0.05, 0.1) is 12.2 Å². The van der Waals surface area contributed by atoms with Gasteiger partial charge in [-0.15, -0.1) is 0 Å². The molecular formula is C20H16N2. The average molecular weight is 284 g/mol. The first-order valence-corrected chi connectivity index (χ1v) is 7.46. The molecule has 1 aliphatic rings. The van der Waals surface area contributed by atoms with Crippen LogP contribution in [0.4, 0.5) is 0 Å². The van der Waals surface area contributed by atoms with Gasteiger partial charge in [-0.25, -0.2) is 0 Å². The zero-order valence-corrected chi connectivity index (χ0v) is 12.5. The van der Waals surface area contributed by atoms with Crippen molar-refractivity contribution in [2.45, 2.75) is 13.5 Å². The third-order valence-electron chi connectivity index (χ3n) is 4.08. The molecule has 1 aromatic heterocycles. The number of hydrogen-bond acceptors (Lipinski definition) is 2. The Morgan fingerprint density at radius 3 is 2.59 bits per heavy atom. The van der Waals surface area contributed by atoms with E-state index in [0.29, 0.717) is 0 Å². The standard InChI is InChI=1S/C20H16N2/c1-14-4-6-15(7-5-14)20-19(3-2-10-22-20)16-8-9-17-12-21-13-18(17)11-16/h2-11,13H,12H2,1H3. The van der Waals surface area contributed by atoms with Crippen molar-refractivity contribution in [3.05, 3.63) is 77.5 Å². The Kier molecular flexibility index (Phi) is 3.08. The minimum Gasteiger partial charge on any atom is -0.288 e. The highest BCUT2D eigenvalue weighted by Gasteiger charge is 2.12. The molecule has 4 rings (SSSR count). The van der Waals surface area contributed by atoms with Gasteiger partial charge in [0.1, 0.15) is 0 Å². The van der Waals surface area contributed by atoms with E-state index in [-0.39, 0.29) is 0 Å². The van der Waals surface area contributed by atoms with Crippen molar-refractivity contribution < 1.29 is 0 Å². The maximum atomic E-state index is 4.61. The monoisotopic (exact) mass is 284 g/mol. The van der Waals surface area contributed by atoms with Gasteiger partial charge in [0, 0.05) is 23.5 Å². The van der Waals surface area contributed by atoms with Crippen LogP contribution in [0.15, 0.2) is 65.8 Å². The summed E-state index contributed by atoms with van der Waals surface area (Å²) < 4.78 is 0. The van der Waals surface area contributed by atoms with Gasteiger partial charge in [0.2, 0.25) is 0 Å². The molecule has 0 aliphatic carbocycles. The topological polar surface area (TPSA) is 25.2 Å². The first-order valence-electron chi connectivity index (χ1n) is 7.46. The minimum absolute atomic E-state index is 0.799. The summed E-state index contributed by atoms with van der Waals surface area (Å²) in [5, 5.41) is 0. The van der Waals surface area contributed by atoms with Crippen LogP contribution >= 0.6 is 0 Å². The maximum absolute atomic E-state index is 4.61. The highest BCUT2D eigenvalue weighted by atomic mass is 14.7. The van der Waals surface area contributed by atoms with Crippen LogP contribution in [0.3, 0.4) is 0 Å². The van der Waals surface area contributed by atoms with Crippen LogP contribution in [0.1, 0.15) is 16.7 Å². The van der Waals surface area contributed by atoms with Gasteiger partial charge >= 0.3 is 0 Å². The van der Waals surface area contributed by atoms with Crippen LogP contribution in [0, 0.1) is 6.92 Å². The van der Waals surface area contributed by atoms with Gasteiger partial charge in [-0.1, -0.05) is 48.0 Å². The van der Waals surface area contributed by atoms with Crippen LogP contribution in [-0.2, 0) is 6.54 Å². The van der Waals surface area contributed by atoms with E-state index in [9.17, 15) is 0 Å². The molecule has 2 heteroatoms. The minimum atomic E-state index is 0.799. The normalized spacial score (nSPS) is 12.4. The molecule has 2 aromatic carbocycles. The maximum Gasteiger partial charge on any atom is 0.0780 e. The fourth-order valence-electron chi connectivity index (χ4n) is 2.85. The summed E-state index contributed by atoms with van der Waals surface area (Å²) in [4.78, 5) is 8.95. The predicted octanol–water partition coefficient (Wildman–Crippen LogP) is 4.66. The number of fused-ring (bicyclic) bond motifs is 1. The Bertz CT molecular complexity index is 861. The average Bonchev–Trinajstić information content (AvgIpc) is 3.03. The summed E-state index contributed by atoms with van der Waals surface area (Å²) in [5.74, 6) is 0. The second-order valence-electron chi connectivity index (χ2n) is 5.65. The predicted molar refractivity (Wildman–Crippen MR) is 91.1 cm³/mol. The number of pyridine rings is 1. The zero-order chi connectivity index (χ0) is 14.9. The summed E-state index contributed by atoms with van der Waals surface area (Å²) in [7, 11) is 0. The van der Waals surface area contributed by atoms with Gasteiger partial charge in [-0.3, -0.25) is 9.98 Å². The van der Waals surface area contributed by atoms with Crippen molar-refractivity contribution in [1.29, 1.82) is 0 Å². The molecule has 1 aliphatic heterocycles. The van der Waals surface area contributed by atoms with Crippen LogP contribution in [0.5, 0.6) is 0 Å². The molecule has 0 radical (unpaired) electrons. The van der Waals surface area contributed by atoms with Crippen LogP contribution in [0.2, 0.25) is 0 Å². The number of rotatable bonds is 2. The molecule has 2 heterocycles. The van der Waals surface area contributed by atoms with E-state index >= 15 is 0 Å². The van der Waals surface area contributed by atoms with Crippen molar-refractivity contribution in [2.75, 3.05) is 0 Å². The van der Waals surface area contributed by atoms with Gasteiger partial charge < -0.3 is 0 Å². The molecule has 106 valence electrons. The van der Waals surface area contributed by atoms with Crippen LogP contribution < -0.4 is 0 Å². The molecule has 0 spiro atoms. The fraction of sp³-hybridized carbons (Fsp3) is 0.100. The highest BCUT2D eigenvalue weighted by Crippen LogP contribution is 2.32. The van der Waals surface area contributed by atoms with E-state index in [1.165, 1.54) is 22.3 Å². The number of aryl methyl sites for hydroxylation is 1. The lowest BCUT2D eigenvalue weighted by Crippen LogP contribution is -1.91. The van der Waals surface area contributed by atoms with E-state index < -0.39 is 0 Å². The first-order chi connectivity index (χ1) is 10.8. The number of aliphatic imine (C=N–C) groups is 1. The third kappa shape index (κ3) is 2.23. The highest BCUT2D eigenvalue weighted by molar-refractivity contribution is 5.89. The summed E-state index contributed by atoms with van der Waals surface area (Å²) >= 11 is 0. The third-order valence-corrected chi connectivity index (χ3v) is 4.08. The van der Waals surface area contributed by atoms with Gasteiger partial charge in [-0.05, 0) is 35.7 Å². The summed E-state index contributed by atoms with van der Waals surface area (Å²) in [6.45, 7) is 2.90. The second-order valence-corrected chi connectivity index (χ2v) is 5.65. The molecule has 0 N–H and O–H groups in total. The summed E-state index contributed by atoms with van der Waals surface area (Å²) in [5.41, 5.74) is 8.30. The summed E-state index contributed by atoms with van der Waals surface area (Å²) in [6.07, 6.45) is 3.81. The first kappa shape index (κ1) is 13.0. The second kappa shape index (κ2) is 5.23. The summed E-state index contributed by atoms with van der Waals surface area (Å²) in [6, 6.07) is 19.2. The lowest BCUT2D eigenvalue weighted by molar-refractivity contribution is 1.11. The van der Waals surface area contributed by atoms with Crippen molar-refractivity contribution in [1.82, 2.24) is 4.98 Å². The number of benzene rings is 2. The molecule has 22 heavy (non-hydrogen) atoms. The molecule has 3 aromatic rings. The Morgan fingerprint density at radius 2 is 1.73 bits per heavy atom. The lowest BCUT2D eigenvalue weighted by atomic mass is 9.96. The fourth-order valence-corrected chi connectivity index (χ4v) is 2.85. The van der Waals surface area contributed by atoms with E-state index in [4.69, 9.17) is 0 Å². The molecule has 0 unspecified atom stereocenters. The molecule has 0 atom stereocenters. The van der Waals surface area contributed by atoms with Crippen molar-refractivity contribution in [3.8, 4) is 22.4 Å². The van der Waals surface area contributed by atoms with Crippen LogP contribution in [0.25, 0.3) is 22.4 Å². The number of aromatic nitrogens is 1. The number of nitrogens with zero attached hydrogens (tertiary/aromatic N) is 2. The molecule has 0 saturated carbocycles. The molecule has 0 amide bonds. The molecule has 0 bridgehead atoms. The van der Waals surface area contributed by atoms with E-state index in [1.54, 1.807) is 0 Å². The molecule has 0 fully saturated rings. The van der Waals surface area contributed by atoms with Gasteiger partial charge in [0.15, 0.2) is 0 Å². The van der Waals surface area contributed by atoms with E-state index in [1.807, 2.05) is 18.5 Å². The van der Waals surface area contributed by atoms with Gasteiger partial charge in [-0.2, -0.15) is 0 Å². The Hall–Kier alpha value is -2.74. The van der Waals surface area contributed by atoms with E-state index in [0.717, 1.165) is 23.4 Å². The number of hydrogen-bond donors (Lipinski definition) is 0. The van der Waals surface area contributed by atoms with Crippen molar-refractivity contribution in [3.63, 3.8) is 0 Å². The molecular weight excluding hydrogens is 268 g/mol. The SMILES string of the molecule is Cc1ccc(-c2ncccc2-c2ccc3c(c2)C=NC3)cc1.